The fourth-order valence-corrected chi connectivity index (χ4v) is 0.916. The number of hydrogen-bond acceptors (Lipinski definition) is 5. The highest BCUT2D eigenvalue weighted by Gasteiger charge is 2.38. The molecule has 0 saturated heterocycles. The van der Waals surface area contributed by atoms with Crippen LogP contribution in [0.4, 0.5) is 5.69 Å². The van der Waals surface area contributed by atoms with E-state index < -0.39 is 16.4 Å². The van der Waals surface area contributed by atoms with Crippen molar-refractivity contribution in [1.29, 1.82) is 0 Å². The molecule has 0 unspecified atom stereocenters. The number of fused-ring (bicyclic) bond motifs is 1. The predicted molar refractivity (Wildman–Crippen MR) is 36.5 cm³/mol. The zero-order chi connectivity index (χ0) is 8.88. The van der Waals surface area contributed by atoms with Gasteiger partial charge in [-0.25, -0.2) is 0 Å². The van der Waals surface area contributed by atoms with Gasteiger partial charge in [0.1, 0.15) is 0 Å². The van der Waals surface area contributed by atoms with Gasteiger partial charge in [0, 0.05) is 0 Å². The molecule has 6 nitrogen and oxygen atoms in total. The maximum absolute atomic E-state index is 10.3. The van der Waals surface area contributed by atoms with Gasteiger partial charge >= 0.3 is 5.69 Å². The monoisotopic (exact) mass is 169 g/mol. The van der Waals surface area contributed by atoms with E-state index in [1.165, 1.54) is 0 Å². The highest BCUT2D eigenvalue weighted by atomic mass is 16.6. The number of benzene rings is 1. The van der Waals surface area contributed by atoms with E-state index in [0.29, 0.717) is 0 Å². The molecule has 0 saturated carbocycles. The third-order valence-corrected chi connectivity index (χ3v) is 1.53. The fourth-order valence-electron chi connectivity index (χ4n) is 0.916. The fraction of sp³-hybridized carbons (Fsp3) is 0. The second kappa shape index (κ2) is 1.79. The maximum atomic E-state index is 10.3. The van der Waals surface area contributed by atoms with Crippen molar-refractivity contribution in [2.75, 3.05) is 0 Å². The number of aromatic hydroxyl groups is 2. The Hall–Kier alpha value is -1.98. The standard InChI is InChI=1S/C6H3NO5/c8-3-1-2(7(10)11)5-6(12-5)4(3)9/h1,8-9H. The molecule has 1 aliphatic heterocycles. The molecule has 0 amide bonds. The molecule has 0 aliphatic carbocycles. The second-order valence-corrected chi connectivity index (χ2v) is 2.28. The highest BCUT2D eigenvalue weighted by Crippen LogP contribution is 2.60. The van der Waals surface area contributed by atoms with Gasteiger partial charge in [-0.2, -0.15) is 0 Å². The number of ether oxygens (including phenoxy) is 1. The summed E-state index contributed by atoms with van der Waals surface area (Å²) in [5, 5.41) is 28.1. The summed E-state index contributed by atoms with van der Waals surface area (Å²) in [6, 6.07) is 0.848. The topological polar surface area (TPSA) is 96.1 Å². The summed E-state index contributed by atoms with van der Waals surface area (Å²) in [6.07, 6.45) is 0. The van der Waals surface area contributed by atoms with E-state index in [9.17, 15) is 10.1 Å². The van der Waals surface area contributed by atoms with Crippen LogP contribution in [0.1, 0.15) is 0 Å². The van der Waals surface area contributed by atoms with Gasteiger partial charge in [0.05, 0.1) is 11.0 Å². The molecule has 0 aromatic heterocycles. The number of hydrogen-bond donors (Lipinski definition) is 2. The Morgan fingerprint density at radius 3 is 2.67 bits per heavy atom. The minimum atomic E-state index is -0.689. The van der Waals surface area contributed by atoms with Gasteiger partial charge in [0.2, 0.25) is 11.5 Å². The molecule has 62 valence electrons. The van der Waals surface area contributed by atoms with Crippen LogP contribution in [-0.4, -0.2) is 15.1 Å². The van der Waals surface area contributed by atoms with Crippen LogP contribution in [0.2, 0.25) is 0 Å². The molecule has 1 heterocycles. The van der Waals surface area contributed by atoms with Gasteiger partial charge in [-0.15, -0.1) is 0 Å². The van der Waals surface area contributed by atoms with Crippen LogP contribution < -0.4 is 4.74 Å². The Labute approximate surface area is 65.8 Å². The van der Waals surface area contributed by atoms with Crippen molar-refractivity contribution >= 4 is 5.69 Å². The predicted octanol–water partition coefficient (Wildman–Crippen LogP) is 1.11. The molecular formula is C6H3NO5. The molecule has 2 rings (SSSR count). The highest BCUT2D eigenvalue weighted by molar-refractivity contribution is 5.76. The molecule has 12 heavy (non-hydrogen) atoms. The normalized spacial score (nSPS) is 11.7. The molecule has 1 aromatic rings. The van der Waals surface area contributed by atoms with E-state index in [0.717, 1.165) is 6.07 Å². The summed E-state index contributed by atoms with van der Waals surface area (Å²) in [6.45, 7) is 0. The van der Waals surface area contributed by atoms with E-state index in [1.807, 2.05) is 0 Å². The molecule has 0 radical (unpaired) electrons. The Morgan fingerprint density at radius 1 is 1.42 bits per heavy atom. The zero-order valence-electron chi connectivity index (χ0n) is 5.64. The first-order chi connectivity index (χ1) is 5.61. The molecule has 6 heteroatoms. The maximum Gasteiger partial charge on any atom is 0.319 e. The van der Waals surface area contributed by atoms with E-state index in [-0.39, 0.29) is 17.2 Å². The molecule has 0 spiro atoms. The van der Waals surface area contributed by atoms with Crippen molar-refractivity contribution in [3.05, 3.63) is 16.2 Å². The lowest BCUT2D eigenvalue weighted by atomic mass is 10.3. The van der Waals surface area contributed by atoms with Crippen molar-refractivity contribution in [2.45, 2.75) is 0 Å². The quantitative estimate of drug-likeness (QED) is 0.288. The summed E-state index contributed by atoms with van der Waals surface area (Å²) in [7, 11) is 0. The summed E-state index contributed by atoms with van der Waals surface area (Å²) in [4.78, 5) is 9.56. The van der Waals surface area contributed by atoms with Crippen LogP contribution in [-0.2, 0) is 0 Å². The van der Waals surface area contributed by atoms with E-state index in [2.05, 4.69) is 4.74 Å². The average molecular weight is 169 g/mol. The number of rotatable bonds is 1. The van der Waals surface area contributed by atoms with Gasteiger partial charge in [0.15, 0.2) is 5.75 Å². The summed E-state index contributed by atoms with van der Waals surface area (Å²) >= 11 is 0. The minimum Gasteiger partial charge on any atom is -0.504 e. The largest absolute Gasteiger partial charge is 0.504 e. The van der Waals surface area contributed by atoms with Crippen molar-refractivity contribution < 1.29 is 19.9 Å². The number of nitro benzene ring substituents is 1. The third-order valence-electron chi connectivity index (χ3n) is 1.53. The van der Waals surface area contributed by atoms with E-state index >= 15 is 0 Å². The van der Waals surface area contributed by atoms with Gasteiger partial charge in [-0.1, -0.05) is 0 Å². The molecule has 0 atom stereocenters. The Kier molecular flexibility index (Phi) is 0.999. The second-order valence-electron chi connectivity index (χ2n) is 2.28. The lowest BCUT2D eigenvalue weighted by Crippen LogP contribution is -1.84. The lowest BCUT2D eigenvalue weighted by molar-refractivity contribution is -0.384. The smallest absolute Gasteiger partial charge is 0.319 e. The molecular weight excluding hydrogens is 166 g/mol. The molecule has 0 bridgehead atoms. The van der Waals surface area contributed by atoms with Crippen LogP contribution in [0.25, 0.3) is 0 Å². The molecule has 0 fully saturated rings. The molecule has 2 N–H and O–H groups in total. The molecule has 1 aliphatic rings. The summed E-state index contributed by atoms with van der Waals surface area (Å²) in [5.74, 6) is -0.981. The van der Waals surface area contributed by atoms with Crippen molar-refractivity contribution in [1.82, 2.24) is 0 Å². The third kappa shape index (κ3) is 0.685. The SMILES string of the molecule is O=[N+]([O-])c1cc(O)c(O)c2c1O2. The Bertz CT molecular complexity index is 382. The van der Waals surface area contributed by atoms with Gasteiger partial charge in [0.25, 0.3) is 5.75 Å². The van der Waals surface area contributed by atoms with Crippen molar-refractivity contribution in [3.8, 4) is 23.0 Å². The number of nitro groups is 1. The Balaban J connectivity index is 2.64. The lowest BCUT2D eigenvalue weighted by Gasteiger charge is -1.90. The van der Waals surface area contributed by atoms with Crippen LogP contribution in [0.3, 0.4) is 0 Å². The number of phenols is 2. The average Bonchev–Trinajstić information content (AvgIpc) is 2.75. The van der Waals surface area contributed by atoms with Crippen molar-refractivity contribution in [2.24, 2.45) is 0 Å². The van der Waals surface area contributed by atoms with Crippen molar-refractivity contribution in [3.63, 3.8) is 0 Å². The molecule has 1 aromatic carbocycles. The Morgan fingerprint density at radius 2 is 2.08 bits per heavy atom. The van der Waals surface area contributed by atoms with Crippen LogP contribution in [0, 0.1) is 10.1 Å². The number of phenolic OH excluding ortho intramolecular Hbond substituents is 2. The van der Waals surface area contributed by atoms with Crippen LogP contribution >= 0.6 is 0 Å². The van der Waals surface area contributed by atoms with Crippen LogP contribution in [0.5, 0.6) is 23.0 Å². The van der Waals surface area contributed by atoms with Gasteiger partial charge in [-0.3, -0.25) is 10.1 Å². The zero-order valence-corrected chi connectivity index (χ0v) is 5.64. The van der Waals surface area contributed by atoms with E-state index in [4.69, 9.17) is 10.2 Å². The minimum absolute atomic E-state index is 0.0123. The summed E-state index contributed by atoms with van der Waals surface area (Å²) < 4.78 is 4.59. The van der Waals surface area contributed by atoms with Gasteiger partial charge in [-0.05, 0) is 0 Å². The summed E-state index contributed by atoms with van der Waals surface area (Å²) in [5.41, 5.74) is -0.333. The first-order valence-corrected chi connectivity index (χ1v) is 3.02. The van der Waals surface area contributed by atoms with Gasteiger partial charge < -0.3 is 14.9 Å². The van der Waals surface area contributed by atoms with Crippen LogP contribution in [0.15, 0.2) is 6.07 Å². The first-order valence-electron chi connectivity index (χ1n) is 3.02. The number of nitrogens with zero attached hydrogens (tertiary/aromatic N) is 1. The van der Waals surface area contributed by atoms with E-state index in [1.54, 1.807) is 0 Å². The first kappa shape index (κ1) is 6.71.